The second kappa shape index (κ2) is 12.5. The van der Waals surface area contributed by atoms with Gasteiger partial charge < -0.3 is 19.3 Å². The van der Waals surface area contributed by atoms with Crippen LogP contribution >= 0.6 is 0 Å². The van der Waals surface area contributed by atoms with Gasteiger partial charge in [-0.2, -0.15) is 0 Å². The number of azide groups is 2. The fraction of sp³-hybridized carbons (Fsp3) is 0.900. The minimum absolute atomic E-state index is 0.0847. The molecule has 2 rings (SSSR count). The van der Waals surface area contributed by atoms with Crippen molar-refractivity contribution in [2.75, 3.05) is 26.2 Å². The van der Waals surface area contributed by atoms with E-state index in [0.29, 0.717) is 25.9 Å². The smallest absolute Gasteiger partial charge is 0.410 e. The molecule has 0 bridgehead atoms. The van der Waals surface area contributed by atoms with Gasteiger partial charge in [-0.3, -0.25) is 0 Å². The molecule has 2 heterocycles. The van der Waals surface area contributed by atoms with Gasteiger partial charge in [-0.15, -0.1) is 0 Å². The third-order valence-electron chi connectivity index (χ3n) is 4.72. The molecule has 0 unspecified atom stereocenters. The predicted molar refractivity (Wildman–Crippen MR) is 121 cm³/mol. The van der Waals surface area contributed by atoms with Crippen LogP contribution in [0.25, 0.3) is 20.9 Å². The van der Waals surface area contributed by atoms with Gasteiger partial charge in [0.2, 0.25) is 0 Å². The van der Waals surface area contributed by atoms with E-state index in [4.69, 9.17) is 20.5 Å². The van der Waals surface area contributed by atoms with E-state index in [-0.39, 0.29) is 13.1 Å². The van der Waals surface area contributed by atoms with Crippen molar-refractivity contribution in [2.24, 2.45) is 10.2 Å². The van der Waals surface area contributed by atoms with Crippen LogP contribution in [0.4, 0.5) is 18.4 Å². The van der Waals surface area contributed by atoms with Crippen LogP contribution in [0.3, 0.4) is 0 Å². The maximum Gasteiger partial charge on any atom is 0.410 e. The van der Waals surface area contributed by atoms with Crippen LogP contribution in [0.15, 0.2) is 10.2 Å². The number of hydrogen-bond donors (Lipinski definition) is 0. The zero-order valence-corrected chi connectivity index (χ0v) is 20.5. The van der Waals surface area contributed by atoms with Gasteiger partial charge in [-0.1, -0.05) is 10.2 Å². The van der Waals surface area contributed by atoms with E-state index in [1.807, 2.05) is 0 Å². The average molecular weight is 489 g/mol. The molecule has 4 atom stereocenters. The van der Waals surface area contributed by atoms with Gasteiger partial charge >= 0.3 is 12.2 Å². The number of amides is 2. The molecule has 34 heavy (non-hydrogen) atoms. The normalized spacial score (nSPS) is 25.1. The summed E-state index contributed by atoms with van der Waals surface area (Å²) in [6.45, 7) is 11.1. The Bertz CT molecular complexity index is 737. The zero-order valence-electron chi connectivity index (χ0n) is 20.5. The van der Waals surface area contributed by atoms with Crippen molar-refractivity contribution in [3.05, 3.63) is 20.9 Å². The summed E-state index contributed by atoms with van der Waals surface area (Å²) in [5.74, 6) is 0. The Kier molecular flexibility index (Phi) is 10.7. The quantitative estimate of drug-likeness (QED) is 0.294. The van der Waals surface area contributed by atoms with E-state index in [0.717, 1.165) is 0 Å². The molecule has 2 aliphatic rings. The summed E-state index contributed by atoms with van der Waals surface area (Å²) in [4.78, 5) is 31.1. The predicted octanol–water partition coefficient (Wildman–Crippen LogP) is 5.29. The highest BCUT2D eigenvalue weighted by Crippen LogP contribution is 2.21. The van der Waals surface area contributed by atoms with E-state index in [2.05, 4.69) is 20.1 Å². The van der Waals surface area contributed by atoms with Crippen LogP contribution in [0.2, 0.25) is 0 Å². The van der Waals surface area contributed by atoms with Crippen molar-refractivity contribution in [3.8, 4) is 0 Å². The van der Waals surface area contributed by atoms with Gasteiger partial charge in [-0.05, 0) is 65.4 Å². The summed E-state index contributed by atoms with van der Waals surface area (Å²) in [5, 5.41) is 6.72. The van der Waals surface area contributed by atoms with E-state index >= 15 is 0 Å². The van der Waals surface area contributed by atoms with E-state index in [1.165, 1.54) is 9.80 Å². The van der Waals surface area contributed by atoms with E-state index in [9.17, 15) is 18.4 Å². The van der Waals surface area contributed by atoms with Gasteiger partial charge in [0.15, 0.2) is 0 Å². The Morgan fingerprint density at radius 3 is 1.35 bits per heavy atom. The molecule has 2 saturated heterocycles. The Hall–Kier alpha value is -2.98. The Balaban J connectivity index is 0.000000340. The summed E-state index contributed by atoms with van der Waals surface area (Å²) in [6, 6.07) is -1.36. The van der Waals surface area contributed by atoms with Gasteiger partial charge in [-0.25, -0.2) is 18.4 Å². The van der Waals surface area contributed by atoms with Crippen molar-refractivity contribution in [2.45, 2.75) is 90.0 Å². The van der Waals surface area contributed by atoms with Gasteiger partial charge in [0.05, 0.1) is 25.2 Å². The number of rotatable bonds is 2. The number of likely N-dealkylation sites (tertiary alicyclic amines) is 2. The first-order chi connectivity index (χ1) is 15.7. The summed E-state index contributed by atoms with van der Waals surface area (Å²) in [7, 11) is 0. The minimum atomic E-state index is -1.33. The molecule has 192 valence electrons. The average Bonchev–Trinajstić information content (AvgIpc) is 2.69. The maximum atomic E-state index is 13.6. The van der Waals surface area contributed by atoms with Crippen LogP contribution in [-0.2, 0) is 9.47 Å². The zero-order chi connectivity index (χ0) is 26.1. The second-order valence-electron chi connectivity index (χ2n) is 10.0. The Morgan fingerprint density at radius 1 is 0.794 bits per heavy atom. The molecule has 0 aliphatic carbocycles. The summed E-state index contributed by atoms with van der Waals surface area (Å²) in [5.41, 5.74) is 15.3. The van der Waals surface area contributed by atoms with Crippen molar-refractivity contribution >= 4 is 12.2 Å². The van der Waals surface area contributed by atoms with Crippen LogP contribution < -0.4 is 0 Å². The third-order valence-corrected chi connectivity index (χ3v) is 4.72. The molecule has 0 aromatic carbocycles. The van der Waals surface area contributed by atoms with Crippen molar-refractivity contribution in [1.29, 1.82) is 0 Å². The highest BCUT2D eigenvalue weighted by Gasteiger charge is 2.34. The van der Waals surface area contributed by atoms with Crippen molar-refractivity contribution in [1.82, 2.24) is 9.80 Å². The molecule has 0 aromatic rings. The number of halogens is 2. The summed E-state index contributed by atoms with van der Waals surface area (Å²) in [6.07, 6.45) is -3.06. The number of hydrogen-bond acceptors (Lipinski definition) is 6. The Morgan fingerprint density at radius 2 is 1.12 bits per heavy atom. The lowest BCUT2D eigenvalue weighted by atomic mass is 10.0. The number of nitrogens with zero attached hydrogens (tertiary/aromatic N) is 8. The first-order valence-electron chi connectivity index (χ1n) is 11.0. The number of alkyl halides is 2. The highest BCUT2D eigenvalue weighted by molar-refractivity contribution is 5.68. The summed E-state index contributed by atoms with van der Waals surface area (Å²) >= 11 is 0. The first-order valence-corrected chi connectivity index (χ1v) is 11.0. The standard InChI is InChI=1S/2C10H17FN4O2/c2*1-10(2,3)17-9(16)15-5-4-8(13-14-12)7(11)6-15/h2*7-8H,4-6H2,1-3H3/t2*7-,8-/m10/s1. The second-order valence-corrected chi connectivity index (χ2v) is 10.0. The van der Waals surface area contributed by atoms with E-state index in [1.54, 1.807) is 41.5 Å². The maximum absolute atomic E-state index is 13.6. The van der Waals surface area contributed by atoms with Crippen LogP contribution in [-0.4, -0.2) is 83.8 Å². The number of piperidine rings is 2. The van der Waals surface area contributed by atoms with Crippen molar-refractivity contribution in [3.63, 3.8) is 0 Å². The third kappa shape index (κ3) is 10.3. The molecule has 0 N–H and O–H groups in total. The lowest BCUT2D eigenvalue weighted by Gasteiger charge is -2.33. The van der Waals surface area contributed by atoms with E-state index < -0.39 is 47.8 Å². The Labute approximate surface area is 197 Å². The molecule has 0 aromatic heterocycles. The number of carbonyl (C=O) groups is 2. The molecular formula is C20H34F2N8O4. The molecule has 0 spiro atoms. The molecule has 2 amide bonds. The monoisotopic (exact) mass is 488 g/mol. The van der Waals surface area contributed by atoms with Crippen LogP contribution in [0, 0.1) is 0 Å². The molecule has 12 nitrogen and oxygen atoms in total. The fourth-order valence-electron chi connectivity index (χ4n) is 3.16. The minimum Gasteiger partial charge on any atom is -0.444 e. The van der Waals surface area contributed by atoms with Gasteiger partial charge in [0.25, 0.3) is 0 Å². The molecule has 2 aliphatic heterocycles. The molecule has 14 heteroatoms. The fourth-order valence-corrected chi connectivity index (χ4v) is 3.16. The molecule has 0 radical (unpaired) electrons. The van der Waals surface area contributed by atoms with Gasteiger partial charge in [0, 0.05) is 22.9 Å². The lowest BCUT2D eigenvalue weighted by Crippen LogP contribution is -2.48. The number of ether oxygens (including phenoxy) is 2. The molecular weight excluding hydrogens is 454 g/mol. The highest BCUT2D eigenvalue weighted by atomic mass is 19.1. The van der Waals surface area contributed by atoms with Crippen molar-refractivity contribution < 1.29 is 27.8 Å². The van der Waals surface area contributed by atoms with Crippen LogP contribution in [0.5, 0.6) is 0 Å². The topological polar surface area (TPSA) is 157 Å². The van der Waals surface area contributed by atoms with Crippen LogP contribution in [0.1, 0.15) is 54.4 Å². The summed E-state index contributed by atoms with van der Waals surface area (Å²) < 4.78 is 37.4. The molecule has 2 fully saturated rings. The first kappa shape index (κ1) is 29.1. The molecule has 0 saturated carbocycles. The number of carbonyl (C=O) groups excluding carboxylic acids is 2. The van der Waals surface area contributed by atoms with Gasteiger partial charge in [0.1, 0.15) is 23.5 Å². The lowest BCUT2D eigenvalue weighted by molar-refractivity contribution is 0.0108. The largest absolute Gasteiger partial charge is 0.444 e. The SMILES string of the molecule is CC(C)(C)OC(=O)N1CC[C@@H](N=[N+]=[N-])[C@H](F)C1.CC(C)(C)OC(=O)N1CC[C@H](N=[N+]=[N-])[C@@H](F)C1.